The molecule has 0 unspecified atom stereocenters. The van der Waals surface area contributed by atoms with E-state index in [-0.39, 0.29) is 18.1 Å². The van der Waals surface area contributed by atoms with E-state index in [1.165, 1.54) is 5.56 Å². The van der Waals surface area contributed by atoms with Crippen LogP contribution in [0.3, 0.4) is 0 Å². The number of nitrogens with zero attached hydrogens (tertiary/aromatic N) is 5. The number of urea groups is 1. The summed E-state index contributed by atoms with van der Waals surface area (Å²) in [4.78, 5) is 29.6. The highest BCUT2D eigenvalue weighted by Gasteiger charge is 2.36. The van der Waals surface area contributed by atoms with Gasteiger partial charge in [0, 0.05) is 51.1 Å². The Labute approximate surface area is 195 Å². The number of aromatic nitrogens is 2. The Bertz CT molecular complexity index is 965. The van der Waals surface area contributed by atoms with Crippen molar-refractivity contribution >= 4 is 12.0 Å². The molecule has 2 amide bonds. The quantitative estimate of drug-likeness (QED) is 0.775. The average molecular weight is 451 g/mol. The third-order valence-corrected chi connectivity index (χ3v) is 7.14. The highest BCUT2D eigenvalue weighted by molar-refractivity contribution is 5.76. The van der Waals surface area contributed by atoms with Gasteiger partial charge in [-0.15, -0.1) is 0 Å². The molecule has 8 nitrogen and oxygen atoms in total. The van der Waals surface area contributed by atoms with Crippen molar-refractivity contribution in [3.63, 3.8) is 0 Å². The van der Waals surface area contributed by atoms with Gasteiger partial charge in [0.1, 0.15) is 0 Å². The van der Waals surface area contributed by atoms with Gasteiger partial charge in [-0.05, 0) is 44.4 Å². The summed E-state index contributed by atoms with van der Waals surface area (Å²) in [5.74, 6) is 0.657. The molecular weight excluding hydrogens is 416 g/mol. The van der Waals surface area contributed by atoms with Crippen LogP contribution in [0.1, 0.15) is 42.6 Å². The van der Waals surface area contributed by atoms with Crippen molar-refractivity contribution < 1.29 is 9.53 Å². The lowest BCUT2D eigenvalue weighted by atomic mass is 9.99. The SMILES string of the molecule is C[C@@H]1Cc2cnc(NC3CCOCC3)nc2CN1C(=O)N1CCN(C)C[C@@H]1c1ccccc1. The fourth-order valence-corrected chi connectivity index (χ4v) is 5.12. The molecule has 4 heterocycles. The normalized spacial score (nSPS) is 24.4. The molecule has 1 aromatic heterocycles. The number of likely N-dealkylation sites (N-methyl/N-ethyl adjacent to an activating group) is 1. The van der Waals surface area contributed by atoms with Crippen molar-refractivity contribution in [3.8, 4) is 0 Å². The van der Waals surface area contributed by atoms with Crippen LogP contribution in [0.2, 0.25) is 0 Å². The lowest BCUT2D eigenvalue weighted by Crippen LogP contribution is -2.56. The van der Waals surface area contributed by atoms with Crippen molar-refractivity contribution in [2.45, 2.75) is 50.9 Å². The van der Waals surface area contributed by atoms with Gasteiger partial charge < -0.3 is 24.8 Å². The molecule has 3 aliphatic heterocycles. The Hall–Kier alpha value is -2.71. The van der Waals surface area contributed by atoms with Gasteiger partial charge in [0.2, 0.25) is 5.95 Å². The van der Waals surface area contributed by atoms with Crippen LogP contribution in [0, 0.1) is 0 Å². The molecule has 0 bridgehead atoms. The average Bonchev–Trinajstić information content (AvgIpc) is 2.84. The Morgan fingerprint density at radius 3 is 2.70 bits per heavy atom. The predicted molar refractivity (Wildman–Crippen MR) is 127 cm³/mol. The number of ether oxygens (including phenoxy) is 1. The van der Waals surface area contributed by atoms with E-state index in [2.05, 4.69) is 58.3 Å². The Morgan fingerprint density at radius 1 is 1.12 bits per heavy atom. The van der Waals surface area contributed by atoms with Crippen molar-refractivity contribution in [1.82, 2.24) is 24.7 Å². The minimum atomic E-state index is 0.0576. The molecule has 176 valence electrons. The number of anilines is 1. The van der Waals surface area contributed by atoms with Gasteiger partial charge >= 0.3 is 6.03 Å². The number of amides is 2. The molecule has 2 fully saturated rings. The number of hydrogen-bond donors (Lipinski definition) is 1. The first-order valence-electron chi connectivity index (χ1n) is 12.1. The largest absolute Gasteiger partial charge is 0.381 e. The summed E-state index contributed by atoms with van der Waals surface area (Å²) in [6.07, 6.45) is 4.64. The van der Waals surface area contributed by atoms with Gasteiger partial charge in [-0.1, -0.05) is 30.3 Å². The van der Waals surface area contributed by atoms with E-state index in [4.69, 9.17) is 9.72 Å². The Kier molecular flexibility index (Phi) is 6.46. The van der Waals surface area contributed by atoms with E-state index in [1.54, 1.807) is 0 Å². The molecular formula is C25H34N6O2. The third-order valence-electron chi connectivity index (χ3n) is 7.14. The number of hydrogen-bond acceptors (Lipinski definition) is 6. The van der Waals surface area contributed by atoms with Crippen LogP contribution in [0.25, 0.3) is 0 Å². The molecule has 3 aliphatic rings. The molecule has 2 aromatic rings. The molecule has 1 aromatic carbocycles. The van der Waals surface area contributed by atoms with Gasteiger partial charge in [-0.2, -0.15) is 0 Å². The van der Waals surface area contributed by atoms with E-state index >= 15 is 0 Å². The maximum Gasteiger partial charge on any atom is 0.321 e. The van der Waals surface area contributed by atoms with Crippen LogP contribution < -0.4 is 5.32 Å². The second-order valence-corrected chi connectivity index (χ2v) is 9.54. The molecule has 8 heteroatoms. The van der Waals surface area contributed by atoms with Crippen molar-refractivity contribution in [3.05, 3.63) is 53.3 Å². The van der Waals surface area contributed by atoms with Crippen LogP contribution in [-0.4, -0.2) is 82.7 Å². The van der Waals surface area contributed by atoms with E-state index in [1.807, 2.05) is 17.2 Å². The number of rotatable bonds is 3. The molecule has 1 N–H and O–H groups in total. The van der Waals surface area contributed by atoms with Gasteiger partial charge in [0.15, 0.2) is 0 Å². The molecule has 0 saturated carbocycles. The molecule has 2 atom stereocenters. The Balaban J connectivity index is 1.34. The zero-order valence-electron chi connectivity index (χ0n) is 19.6. The summed E-state index contributed by atoms with van der Waals surface area (Å²) >= 11 is 0. The third kappa shape index (κ3) is 4.82. The maximum absolute atomic E-state index is 13.8. The minimum absolute atomic E-state index is 0.0576. The van der Waals surface area contributed by atoms with Crippen molar-refractivity contribution in [1.29, 1.82) is 0 Å². The topological polar surface area (TPSA) is 73.8 Å². The summed E-state index contributed by atoms with van der Waals surface area (Å²) in [6, 6.07) is 11.0. The maximum atomic E-state index is 13.8. The van der Waals surface area contributed by atoms with Gasteiger partial charge in [0.05, 0.1) is 18.3 Å². The van der Waals surface area contributed by atoms with Crippen LogP contribution in [-0.2, 0) is 17.7 Å². The second-order valence-electron chi connectivity index (χ2n) is 9.54. The van der Waals surface area contributed by atoms with Crippen LogP contribution in [0.5, 0.6) is 0 Å². The number of nitrogens with one attached hydrogen (secondary N) is 1. The van der Waals surface area contributed by atoms with E-state index in [0.29, 0.717) is 18.5 Å². The fourth-order valence-electron chi connectivity index (χ4n) is 5.12. The molecule has 2 saturated heterocycles. The van der Waals surface area contributed by atoms with Crippen molar-refractivity contribution in [2.75, 3.05) is 45.2 Å². The number of fused-ring (bicyclic) bond motifs is 1. The number of carbonyl (C=O) groups excluding carboxylic acids is 1. The van der Waals surface area contributed by atoms with Gasteiger partial charge in [-0.25, -0.2) is 14.8 Å². The molecule has 5 rings (SSSR count). The monoisotopic (exact) mass is 450 g/mol. The molecule has 0 spiro atoms. The van der Waals surface area contributed by atoms with Crippen molar-refractivity contribution in [2.24, 2.45) is 0 Å². The standard InChI is InChI=1S/C25H34N6O2/c1-18-14-20-15-26-24(27-21-8-12-33-13-9-21)28-22(20)16-31(18)25(32)30-11-10-29(2)17-23(30)19-6-4-3-5-7-19/h3-7,15,18,21,23H,8-14,16-17H2,1-2H3,(H,26,27,28)/t18-,23-/m1/s1. The molecule has 33 heavy (non-hydrogen) atoms. The lowest BCUT2D eigenvalue weighted by molar-refractivity contribution is 0.0717. The fraction of sp³-hybridized carbons (Fsp3) is 0.560. The first-order valence-corrected chi connectivity index (χ1v) is 12.1. The zero-order valence-corrected chi connectivity index (χ0v) is 19.6. The van der Waals surface area contributed by atoms with Crippen LogP contribution in [0.15, 0.2) is 36.5 Å². The van der Waals surface area contributed by atoms with E-state index in [0.717, 1.165) is 63.4 Å². The summed E-state index contributed by atoms with van der Waals surface area (Å²) in [5.41, 5.74) is 3.28. The number of benzene rings is 1. The summed E-state index contributed by atoms with van der Waals surface area (Å²) in [7, 11) is 2.13. The lowest BCUT2D eigenvalue weighted by Gasteiger charge is -2.44. The van der Waals surface area contributed by atoms with E-state index < -0.39 is 0 Å². The molecule has 0 radical (unpaired) electrons. The van der Waals surface area contributed by atoms with Crippen LogP contribution >= 0.6 is 0 Å². The highest BCUT2D eigenvalue weighted by atomic mass is 16.5. The van der Waals surface area contributed by atoms with Crippen LogP contribution in [0.4, 0.5) is 10.7 Å². The van der Waals surface area contributed by atoms with Gasteiger partial charge in [0.25, 0.3) is 0 Å². The second kappa shape index (κ2) is 9.65. The van der Waals surface area contributed by atoms with E-state index in [9.17, 15) is 4.79 Å². The summed E-state index contributed by atoms with van der Waals surface area (Å²) in [5, 5.41) is 3.46. The highest BCUT2D eigenvalue weighted by Crippen LogP contribution is 2.30. The smallest absolute Gasteiger partial charge is 0.321 e. The Morgan fingerprint density at radius 2 is 1.91 bits per heavy atom. The first kappa shape index (κ1) is 22.1. The van der Waals surface area contributed by atoms with Gasteiger partial charge in [-0.3, -0.25) is 0 Å². The minimum Gasteiger partial charge on any atom is -0.381 e. The zero-order chi connectivity index (χ0) is 22.8. The first-order chi connectivity index (χ1) is 16.1. The summed E-state index contributed by atoms with van der Waals surface area (Å²) in [6.45, 7) is 6.65. The molecule has 0 aliphatic carbocycles. The number of piperazine rings is 1. The number of carbonyl (C=O) groups is 1. The summed E-state index contributed by atoms with van der Waals surface area (Å²) < 4.78 is 5.45. The predicted octanol–water partition coefficient (Wildman–Crippen LogP) is 2.92.